The van der Waals surface area contributed by atoms with Crippen LogP contribution in [0.15, 0.2) is 6.20 Å². The molecular weight excluding hydrogens is 228 g/mol. The Balaban J connectivity index is 2.08. The molecule has 2 N–H and O–H groups in total. The number of nitrogens with zero attached hydrogens (tertiary/aromatic N) is 2. The number of carbonyl (C=O) groups is 1. The zero-order valence-corrected chi connectivity index (χ0v) is 11.4. The van der Waals surface area contributed by atoms with E-state index < -0.39 is 0 Å². The molecule has 0 saturated carbocycles. The SMILES string of the molecule is CC(C)c1nn(C)cc1C(=O)N[C@H]1CCCNC1. The van der Waals surface area contributed by atoms with E-state index in [0.717, 1.165) is 31.6 Å². The van der Waals surface area contributed by atoms with Crippen LogP contribution in [0.25, 0.3) is 0 Å². The number of aromatic nitrogens is 2. The van der Waals surface area contributed by atoms with Crippen LogP contribution in [0.1, 0.15) is 48.7 Å². The van der Waals surface area contributed by atoms with E-state index in [1.54, 1.807) is 10.9 Å². The molecule has 0 spiro atoms. The molecule has 2 rings (SSSR count). The van der Waals surface area contributed by atoms with Gasteiger partial charge in [0.2, 0.25) is 0 Å². The molecule has 0 radical (unpaired) electrons. The highest BCUT2D eigenvalue weighted by Gasteiger charge is 2.21. The lowest BCUT2D eigenvalue weighted by molar-refractivity contribution is 0.0929. The maximum absolute atomic E-state index is 12.3. The van der Waals surface area contributed by atoms with E-state index in [-0.39, 0.29) is 17.9 Å². The van der Waals surface area contributed by atoms with Crippen molar-refractivity contribution in [2.45, 2.75) is 38.6 Å². The maximum atomic E-state index is 12.3. The van der Waals surface area contributed by atoms with Gasteiger partial charge in [0.05, 0.1) is 11.3 Å². The lowest BCUT2D eigenvalue weighted by Gasteiger charge is -2.23. The molecule has 1 aliphatic heterocycles. The largest absolute Gasteiger partial charge is 0.348 e. The van der Waals surface area contributed by atoms with Crippen molar-refractivity contribution in [2.75, 3.05) is 13.1 Å². The Morgan fingerprint density at radius 1 is 1.61 bits per heavy atom. The van der Waals surface area contributed by atoms with Crippen LogP contribution in [-0.4, -0.2) is 34.8 Å². The smallest absolute Gasteiger partial charge is 0.255 e. The quantitative estimate of drug-likeness (QED) is 0.842. The van der Waals surface area contributed by atoms with Crippen LogP contribution >= 0.6 is 0 Å². The van der Waals surface area contributed by atoms with Crippen molar-refractivity contribution in [1.82, 2.24) is 20.4 Å². The molecule has 1 amide bonds. The first-order valence-corrected chi connectivity index (χ1v) is 6.63. The van der Waals surface area contributed by atoms with Crippen LogP contribution < -0.4 is 10.6 Å². The number of aryl methyl sites for hydroxylation is 1. The second-order valence-corrected chi connectivity index (χ2v) is 5.27. The number of hydrogen-bond acceptors (Lipinski definition) is 3. The predicted molar refractivity (Wildman–Crippen MR) is 70.7 cm³/mol. The topological polar surface area (TPSA) is 59.0 Å². The fraction of sp³-hybridized carbons (Fsp3) is 0.692. The van der Waals surface area contributed by atoms with Gasteiger partial charge in [-0.25, -0.2) is 0 Å². The van der Waals surface area contributed by atoms with Gasteiger partial charge in [-0.05, 0) is 25.3 Å². The molecule has 0 unspecified atom stereocenters. The van der Waals surface area contributed by atoms with E-state index in [4.69, 9.17) is 0 Å². The molecule has 1 atom stereocenters. The molecule has 0 aliphatic carbocycles. The van der Waals surface area contributed by atoms with E-state index in [1.165, 1.54) is 0 Å². The normalized spacial score (nSPS) is 20.1. The summed E-state index contributed by atoms with van der Waals surface area (Å²) >= 11 is 0. The summed E-state index contributed by atoms with van der Waals surface area (Å²) in [7, 11) is 1.85. The lowest BCUT2D eigenvalue weighted by atomic mass is 10.0. The fourth-order valence-electron chi connectivity index (χ4n) is 2.35. The fourth-order valence-corrected chi connectivity index (χ4v) is 2.35. The number of hydrogen-bond donors (Lipinski definition) is 2. The molecule has 1 aromatic rings. The van der Waals surface area contributed by atoms with Gasteiger partial charge in [-0.1, -0.05) is 13.8 Å². The lowest BCUT2D eigenvalue weighted by Crippen LogP contribution is -2.45. The van der Waals surface area contributed by atoms with Crippen molar-refractivity contribution < 1.29 is 4.79 Å². The summed E-state index contributed by atoms with van der Waals surface area (Å²) in [6.45, 7) is 6.03. The third-order valence-corrected chi connectivity index (χ3v) is 3.28. The van der Waals surface area contributed by atoms with Gasteiger partial charge in [0.15, 0.2) is 0 Å². The highest BCUT2D eigenvalue weighted by Crippen LogP contribution is 2.17. The van der Waals surface area contributed by atoms with Crippen molar-refractivity contribution in [2.24, 2.45) is 7.05 Å². The summed E-state index contributed by atoms with van der Waals surface area (Å²) in [5.74, 6) is 0.261. The molecule has 100 valence electrons. The molecule has 1 saturated heterocycles. The molecule has 0 aromatic carbocycles. The van der Waals surface area contributed by atoms with Gasteiger partial charge < -0.3 is 10.6 Å². The number of rotatable bonds is 3. The molecule has 0 bridgehead atoms. The summed E-state index contributed by atoms with van der Waals surface area (Å²) in [6.07, 6.45) is 3.98. The van der Waals surface area contributed by atoms with E-state index >= 15 is 0 Å². The van der Waals surface area contributed by atoms with Crippen LogP contribution in [0.2, 0.25) is 0 Å². The number of amides is 1. The molecule has 1 aromatic heterocycles. The molecule has 1 fully saturated rings. The van der Waals surface area contributed by atoms with E-state index in [1.807, 2.05) is 7.05 Å². The minimum atomic E-state index is 0.000463. The second-order valence-electron chi connectivity index (χ2n) is 5.27. The van der Waals surface area contributed by atoms with Gasteiger partial charge in [0.25, 0.3) is 5.91 Å². The van der Waals surface area contributed by atoms with Crippen molar-refractivity contribution in [3.8, 4) is 0 Å². The molecule has 1 aliphatic rings. The first-order valence-electron chi connectivity index (χ1n) is 6.63. The zero-order chi connectivity index (χ0) is 13.1. The second kappa shape index (κ2) is 5.52. The van der Waals surface area contributed by atoms with Crippen molar-refractivity contribution in [3.05, 3.63) is 17.5 Å². The highest BCUT2D eigenvalue weighted by molar-refractivity contribution is 5.95. The highest BCUT2D eigenvalue weighted by atomic mass is 16.1. The van der Waals surface area contributed by atoms with Crippen molar-refractivity contribution >= 4 is 5.91 Å². The average Bonchev–Trinajstić information content (AvgIpc) is 2.73. The molecule has 5 heteroatoms. The summed E-state index contributed by atoms with van der Waals surface area (Å²) in [5.41, 5.74) is 1.58. The molecule has 2 heterocycles. The van der Waals surface area contributed by atoms with Gasteiger partial charge in [-0.2, -0.15) is 5.10 Å². The van der Waals surface area contributed by atoms with E-state index in [0.29, 0.717) is 5.56 Å². The van der Waals surface area contributed by atoms with Crippen LogP contribution in [-0.2, 0) is 7.05 Å². The molecule has 5 nitrogen and oxygen atoms in total. The van der Waals surface area contributed by atoms with E-state index in [9.17, 15) is 4.79 Å². The first kappa shape index (κ1) is 13.1. The van der Waals surface area contributed by atoms with Crippen LogP contribution in [0.4, 0.5) is 0 Å². The summed E-state index contributed by atoms with van der Waals surface area (Å²) in [5, 5.41) is 10.8. The van der Waals surface area contributed by atoms with Gasteiger partial charge in [0.1, 0.15) is 0 Å². The summed E-state index contributed by atoms with van der Waals surface area (Å²) < 4.78 is 1.71. The van der Waals surface area contributed by atoms with Crippen molar-refractivity contribution in [3.63, 3.8) is 0 Å². The maximum Gasteiger partial charge on any atom is 0.255 e. The molecule has 18 heavy (non-hydrogen) atoms. The van der Waals surface area contributed by atoms with Crippen LogP contribution in [0.5, 0.6) is 0 Å². The predicted octanol–water partition coefficient (Wildman–Crippen LogP) is 1.03. The Bertz CT molecular complexity index is 419. The third kappa shape index (κ3) is 2.90. The Kier molecular flexibility index (Phi) is 4.01. The Morgan fingerprint density at radius 3 is 3.00 bits per heavy atom. The summed E-state index contributed by atoms with van der Waals surface area (Å²) in [4.78, 5) is 12.3. The minimum absolute atomic E-state index is 0.000463. The van der Waals surface area contributed by atoms with E-state index in [2.05, 4.69) is 29.6 Å². The summed E-state index contributed by atoms with van der Waals surface area (Å²) in [6, 6.07) is 0.242. The number of carbonyl (C=O) groups excluding carboxylic acids is 1. The Hall–Kier alpha value is -1.36. The Morgan fingerprint density at radius 2 is 2.39 bits per heavy atom. The monoisotopic (exact) mass is 250 g/mol. The number of nitrogens with one attached hydrogen (secondary N) is 2. The zero-order valence-electron chi connectivity index (χ0n) is 11.4. The van der Waals surface area contributed by atoms with Crippen molar-refractivity contribution in [1.29, 1.82) is 0 Å². The van der Waals surface area contributed by atoms with Crippen LogP contribution in [0.3, 0.4) is 0 Å². The van der Waals surface area contributed by atoms with Crippen LogP contribution in [0, 0.1) is 0 Å². The number of piperidine rings is 1. The van der Waals surface area contributed by atoms with Gasteiger partial charge >= 0.3 is 0 Å². The van der Waals surface area contributed by atoms with Gasteiger partial charge in [0, 0.05) is 25.8 Å². The Labute approximate surface area is 108 Å². The standard InChI is InChI=1S/C13H22N4O/c1-9(2)12-11(8-17(3)16-12)13(18)15-10-5-4-6-14-7-10/h8-10,14H,4-7H2,1-3H3,(H,15,18)/t10-/m0/s1. The van der Waals surface area contributed by atoms with Gasteiger partial charge in [-0.3, -0.25) is 9.48 Å². The first-order chi connectivity index (χ1) is 8.58. The van der Waals surface area contributed by atoms with Gasteiger partial charge in [-0.15, -0.1) is 0 Å². The molecular formula is C13H22N4O. The third-order valence-electron chi connectivity index (χ3n) is 3.28. The average molecular weight is 250 g/mol. The minimum Gasteiger partial charge on any atom is -0.348 e.